The first kappa shape index (κ1) is 22.6. The van der Waals surface area contributed by atoms with Gasteiger partial charge >= 0.3 is 17.8 Å². The van der Waals surface area contributed by atoms with E-state index in [1.165, 1.54) is 23.6 Å². The van der Waals surface area contributed by atoms with E-state index < -0.39 is 10.9 Å². The number of aryl methyl sites for hydroxylation is 1. The molecule has 0 aliphatic heterocycles. The average Bonchev–Trinajstić information content (AvgIpc) is 2.99. The Bertz CT molecular complexity index is 614. The molecule has 0 saturated heterocycles. The van der Waals surface area contributed by atoms with Crippen LogP contribution in [0.25, 0.3) is 0 Å². The van der Waals surface area contributed by atoms with Gasteiger partial charge in [0.2, 0.25) is 0 Å². The third kappa shape index (κ3) is 9.16. The number of nitrogens with zero attached hydrogens (tertiary/aromatic N) is 3. The van der Waals surface area contributed by atoms with Gasteiger partial charge in [0.05, 0.1) is 6.61 Å². The van der Waals surface area contributed by atoms with Crippen LogP contribution in [0, 0.1) is 17.0 Å². The van der Waals surface area contributed by atoms with E-state index in [2.05, 4.69) is 11.9 Å². The van der Waals surface area contributed by atoms with Crippen LogP contribution in [0.15, 0.2) is 6.20 Å². The maximum atomic E-state index is 11.7. The fourth-order valence-corrected chi connectivity index (χ4v) is 2.54. The highest BCUT2D eigenvalue weighted by molar-refractivity contribution is 5.72. The lowest BCUT2D eigenvalue weighted by molar-refractivity contribution is -0.392. The number of nitro groups is 1. The highest BCUT2D eigenvalue weighted by atomic mass is 16.6. The maximum absolute atomic E-state index is 11.7. The number of rotatable bonds is 14. The molecule has 1 rings (SSSR count). The van der Waals surface area contributed by atoms with E-state index in [0.717, 1.165) is 19.3 Å². The first-order valence-corrected chi connectivity index (χ1v) is 9.43. The molecule has 9 heteroatoms. The number of imidazole rings is 1. The lowest BCUT2D eigenvalue weighted by Gasteiger charge is -2.06. The Morgan fingerprint density at radius 2 is 1.70 bits per heavy atom. The topological polar surface area (TPSA) is 114 Å². The van der Waals surface area contributed by atoms with Gasteiger partial charge < -0.3 is 19.6 Å². The molecule has 1 heterocycles. The van der Waals surface area contributed by atoms with Crippen LogP contribution in [0.2, 0.25) is 0 Å². The number of ether oxygens (including phenoxy) is 2. The van der Waals surface area contributed by atoms with Gasteiger partial charge in [0.25, 0.3) is 0 Å². The molecule has 27 heavy (non-hydrogen) atoms. The largest absolute Gasteiger partial charge is 0.466 e. The molecule has 152 valence electrons. The number of carbonyl (C=O) groups is 2. The molecule has 0 aromatic carbocycles. The number of hydrogen-bond acceptors (Lipinski definition) is 7. The first-order chi connectivity index (χ1) is 13.0. The van der Waals surface area contributed by atoms with Gasteiger partial charge in [-0.3, -0.25) is 9.59 Å². The Labute approximate surface area is 159 Å². The van der Waals surface area contributed by atoms with Crippen LogP contribution >= 0.6 is 0 Å². The maximum Gasteiger partial charge on any atom is 0.342 e. The summed E-state index contributed by atoms with van der Waals surface area (Å²) in [5.74, 6) is -0.401. The summed E-state index contributed by atoms with van der Waals surface area (Å²) in [6, 6.07) is 0. The van der Waals surface area contributed by atoms with E-state index in [0.29, 0.717) is 18.9 Å². The quantitative estimate of drug-likeness (QED) is 0.209. The van der Waals surface area contributed by atoms with E-state index in [-0.39, 0.29) is 37.8 Å². The van der Waals surface area contributed by atoms with Crippen LogP contribution in [0.1, 0.15) is 64.1 Å². The fourth-order valence-electron chi connectivity index (χ4n) is 2.54. The standard InChI is InChI=1S/C18H29N3O6/c1-3-4-5-6-7-12-26-17(22)9-8-10-18(23)27-13-11-20-15(2)19-14-16(20)21(24)25/h14H,3-13H2,1-2H3. The lowest BCUT2D eigenvalue weighted by atomic mass is 10.2. The molecule has 0 fully saturated rings. The van der Waals surface area contributed by atoms with Crippen molar-refractivity contribution < 1.29 is 24.0 Å². The van der Waals surface area contributed by atoms with Crippen molar-refractivity contribution in [2.75, 3.05) is 13.2 Å². The van der Waals surface area contributed by atoms with Gasteiger partial charge in [-0.1, -0.05) is 32.6 Å². The molecule has 0 bridgehead atoms. The van der Waals surface area contributed by atoms with Gasteiger partial charge in [-0.15, -0.1) is 0 Å². The van der Waals surface area contributed by atoms with Crippen LogP contribution in [0.3, 0.4) is 0 Å². The molecule has 0 saturated carbocycles. The fraction of sp³-hybridized carbons (Fsp3) is 0.722. The van der Waals surface area contributed by atoms with Crippen LogP contribution in [-0.2, 0) is 25.6 Å². The van der Waals surface area contributed by atoms with Gasteiger partial charge in [0.1, 0.15) is 19.3 Å². The van der Waals surface area contributed by atoms with Gasteiger partial charge in [0, 0.05) is 19.8 Å². The number of carbonyl (C=O) groups excluding carboxylic acids is 2. The summed E-state index contributed by atoms with van der Waals surface area (Å²) in [5, 5.41) is 10.9. The van der Waals surface area contributed by atoms with E-state index in [1.54, 1.807) is 6.92 Å². The molecule has 0 radical (unpaired) electrons. The Morgan fingerprint density at radius 3 is 2.33 bits per heavy atom. The summed E-state index contributed by atoms with van der Waals surface area (Å²) in [6.07, 6.45) is 7.27. The third-order valence-electron chi connectivity index (χ3n) is 4.07. The van der Waals surface area contributed by atoms with Crippen molar-refractivity contribution in [3.63, 3.8) is 0 Å². The van der Waals surface area contributed by atoms with E-state index in [4.69, 9.17) is 9.47 Å². The number of esters is 2. The highest BCUT2D eigenvalue weighted by Gasteiger charge is 2.17. The van der Waals surface area contributed by atoms with E-state index in [9.17, 15) is 19.7 Å². The summed E-state index contributed by atoms with van der Waals surface area (Å²) in [4.78, 5) is 37.5. The minimum atomic E-state index is -0.531. The zero-order chi connectivity index (χ0) is 20.1. The molecule has 9 nitrogen and oxygen atoms in total. The predicted molar refractivity (Wildman–Crippen MR) is 98.1 cm³/mol. The minimum absolute atomic E-state index is 0.0130. The molecule has 0 aliphatic rings. The SMILES string of the molecule is CCCCCCCOC(=O)CCCC(=O)OCCn1c([N+](=O)[O-])cnc1C. The molecule has 1 aromatic rings. The summed E-state index contributed by atoms with van der Waals surface area (Å²) in [7, 11) is 0. The molecule has 0 atom stereocenters. The van der Waals surface area contributed by atoms with Gasteiger partial charge in [-0.25, -0.2) is 9.55 Å². The molecule has 0 amide bonds. The number of aromatic nitrogens is 2. The minimum Gasteiger partial charge on any atom is -0.466 e. The van der Waals surface area contributed by atoms with Crippen molar-refractivity contribution in [3.05, 3.63) is 22.1 Å². The Morgan fingerprint density at radius 1 is 1.07 bits per heavy atom. The zero-order valence-corrected chi connectivity index (χ0v) is 16.1. The summed E-state index contributed by atoms with van der Waals surface area (Å²) < 4.78 is 11.6. The predicted octanol–water partition coefficient (Wildman–Crippen LogP) is 3.33. The van der Waals surface area contributed by atoms with Crippen molar-refractivity contribution >= 4 is 17.8 Å². The van der Waals surface area contributed by atoms with Crippen LogP contribution in [-0.4, -0.2) is 39.6 Å². The Kier molecular flexibility index (Phi) is 10.7. The van der Waals surface area contributed by atoms with Crippen molar-refractivity contribution in [3.8, 4) is 0 Å². The van der Waals surface area contributed by atoms with Gasteiger partial charge in [-0.05, 0) is 17.8 Å². The summed E-state index contributed by atoms with van der Waals surface area (Å²) in [5.41, 5.74) is 0. The van der Waals surface area contributed by atoms with Crippen LogP contribution in [0.5, 0.6) is 0 Å². The van der Waals surface area contributed by atoms with Crippen molar-refractivity contribution in [2.24, 2.45) is 0 Å². The second kappa shape index (κ2) is 12.8. The van der Waals surface area contributed by atoms with Crippen molar-refractivity contribution in [1.29, 1.82) is 0 Å². The molecule has 0 aliphatic carbocycles. The van der Waals surface area contributed by atoms with Crippen molar-refractivity contribution in [1.82, 2.24) is 9.55 Å². The zero-order valence-electron chi connectivity index (χ0n) is 16.1. The summed E-state index contributed by atoms with van der Waals surface area (Å²) >= 11 is 0. The lowest BCUT2D eigenvalue weighted by Crippen LogP contribution is -2.14. The van der Waals surface area contributed by atoms with Gasteiger partial charge in [0.15, 0.2) is 5.82 Å². The van der Waals surface area contributed by atoms with Gasteiger partial charge in [-0.2, -0.15) is 0 Å². The highest BCUT2D eigenvalue weighted by Crippen LogP contribution is 2.13. The third-order valence-corrected chi connectivity index (χ3v) is 4.07. The molecular formula is C18H29N3O6. The normalized spacial score (nSPS) is 10.6. The van der Waals surface area contributed by atoms with E-state index >= 15 is 0 Å². The number of unbranched alkanes of at least 4 members (excludes halogenated alkanes) is 4. The number of hydrogen-bond donors (Lipinski definition) is 0. The smallest absolute Gasteiger partial charge is 0.342 e. The first-order valence-electron chi connectivity index (χ1n) is 9.43. The molecule has 0 spiro atoms. The molecule has 0 N–H and O–H groups in total. The second-order valence-electron chi connectivity index (χ2n) is 6.28. The molecular weight excluding hydrogens is 354 g/mol. The van der Waals surface area contributed by atoms with Crippen LogP contribution in [0.4, 0.5) is 5.82 Å². The average molecular weight is 383 g/mol. The van der Waals surface area contributed by atoms with Crippen molar-refractivity contribution in [2.45, 2.75) is 71.8 Å². The monoisotopic (exact) mass is 383 g/mol. The Hall–Kier alpha value is -2.45. The van der Waals surface area contributed by atoms with E-state index in [1.807, 2.05) is 0 Å². The Balaban J connectivity index is 2.11. The molecule has 1 aromatic heterocycles. The summed E-state index contributed by atoms with van der Waals surface area (Å²) in [6.45, 7) is 4.39. The van der Waals surface area contributed by atoms with Crippen LogP contribution < -0.4 is 0 Å². The second-order valence-corrected chi connectivity index (χ2v) is 6.28. The molecule has 0 unspecified atom stereocenters.